The van der Waals surface area contributed by atoms with Gasteiger partial charge < -0.3 is 20.7 Å². The van der Waals surface area contributed by atoms with E-state index in [1.54, 1.807) is 0 Å². The highest BCUT2D eigenvalue weighted by molar-refractivity contribution is 5.97. The van der Waals surface area contributed by atoms with Crippen molar-refractivity contribution in [2.24, 2.45) is 17.1 Å². The topological polar surface area (TPSA) is 139 Å². The van der Waals surface area contributed by atoms with Gasteiger partial charge in [-0.05, 0) is 42.7 Å². The first kappa shape index (κ1) is 32.5. The molecule has 0 radical (unpaired) electrons. The first-order chi connectivity index (χ1) is 21.4. The molecule has 0 aromatic heterocycles. The van der Waals surface area contributed by atoms with E-state index in [9.17, 15) is 37.1 Å². The third-order valence-electron chi connectivity index (χ3n) is 9.40. The fourth-order valence-electron chi connectivity index (χ4n) is 6.73. The van der Waals surface area contributed by atoms with Gasteiger partial charge >= 0.3 is 12.3 Å². The molecule has 10 nitrogen and oxygen atoms in total. The van der Waals surface area contributed by atoms with Crippen LogP contribution in [0.4, 0.5) is 18.0 Å². The van der Waals surface area contributed by atoms with Crippen LogP contribution in [0.25, 0.3) is 0 Å². The number of Topliss-reactive ketones (excluding diaryl/α,β-unsaturated/α-hetero) is 1. The minimum absolute atomic E-state index is 0.0127. The SMILES string of the molecule is NC(=O)[C@]12CC(=O)[C@@H]3C[C@@H](OC(=O)N4Cc5ccccc5C4)CN3C(=O)[C@@H](NC(=O)CCC(F)(F)F)CCCCC/C=C\[C@@H]1C2. The number of carbonyl (C=O) groups excluding carboxylic acids is 5. The molecule has 45 heavy (non-hydrogen) atoms. The Labute approximate surface area is 259 Å². The Morgan fingerprint density at radius 3 is 2.44 bits per heavy atom. The first-order valence-corrected chi connectivity index (χ1v) is 15.5. The minimum Gasteiger partial charge on any atom is -0.444 e. The minimum atomic E-state index is -4.53. The zero-order valence-electron chi connectivity index (χ0n) is 25.0. The van der Waals surface area contributed by atoms with Crippen molar-refractivity contribution in [1.82, 2.24) is 15.1 Å². The largest absolute Gasteiger partial charge is 0.444 e. The van der Waals surface area contributed by atoms with Crippen LogP contribution in [-0.4, -0.2) is 70.3 Å². The fraction of sp³-hybridized carbons (Fsp3) is 0.594. The second-order valence-electron chi connectivity index (χ2n) is 12.6. The Kier molecular flexibility index (Phi) is 9.54. The molecule has 13 heteroatoms. The van der Waals surface area contributed by atoms with Gasteiger partial charge in [0.25, 0.3) is 0 Å². The Morgan fingerprint density at radius 2 is 1.78 bits per heavy atom. The van der Waals surface area contributed by atoms with Crippen molar-refractivity contribution < 1.29 is 41.9 Å². The maximum Gasteiger partial charge on any atom is 0.410 e. The Hall–Kier alpha value is -3.90. The second kappa shape index (κ2) is 13.2. The van der Waals surface area contributed by atoms with E-state index in [2.05, 4.69) is 5.32 Å². The van der Waals surface area contributed by atoms with Crippen LogP contribution in [-0.2, 0) is 37.0 Å². The van der Waals surface area contributed by atoms with Gasteiger partial charge in [-0.15, -0.1) is 0 Å². The number of carbonyl (C=O) groups is 5. The predicted molar refractivity (Wildman–Crippen MR) is 155 cm³/mol. The second-order valence-corrected chi connectivity index (χ2v) is 12.6. The quantitative estimate of drug-likeness (QED) is 0.472. The number of primary amides is 1. The van der Waals surface area contributed by atoms with Gasteiger partial charge in [-0.2, -0.15) is 13.2 Å². The third kappa shape index (κ3) is 7.67. The van der Waals surface area contributed by atoms with Crippen LogP contribution in [0.2, 0.25) is 0 Å². The average molecular weight is 633 g/mol. The molecule has 244 valence electrons. The molecule has 1 saturated carbocycles. The number of amides is 4. The van der Waals surface area contributed by atoms with Crippen LogP contribution >= 0.6 is 0 Å². The van der Waals surface area contributed by atoms with Gasteiger partial charge in [0.15, 0.2) is 5.78 Å². The highest BCUT2D eigenvalue weighted by Gasteiger charge is 2.59. The summed E-state index contributed by atoms with van der Waals surface area (Å²) in [6.07, 6.45) is -1.22. The van der Waals surface area contributed by atoms with Crippen LogP contribution in [0.1, 0.15) is 75.3 Å². The summed E-state index contributed by atoms with van der Waals surface area (Å²) < 4.78 is 44.1. The molecule has 5 atom stereocenters. The number of allylic oxidation sites excluding steroid dienone is 2. The lowest BCUT2D eigenvalue weighted by Crippen LogP contribution is -2.52. The molecule has 3 heterocycles. The van der Waals surface area contributed by atoms with Crippen LogP contribution in [0.3, 0.4) is 0 Å². The number of rotatable bonds is 5. The average Bonchev–Trinajstić information content (AvgIpc) is 3.30. The number of nitrogens with two attached hydrogens (primary N) is 1. The van der Waals surface area contributed by atoms with Crippen molar-refractivity contribution in [3.05, 3.63) is 47.5 Å². The molecule has 0 bridgehead atoms. The summed E-state index contributed by atoms with van der Waals surface area (Å²) >= 11 is 0. The molecular weight excluding hydrogens is 593 g/mol. The summed E-state index contributed by atoms with van der Waals surface area (Å²) in [6, 6.07) is 5.37. The normalized spacial score (nSPS) is 29.5. The molecule has 5 rings (SSSR count). The van der Waals surface area contributed by atoms with Gasteiger partial charge in [0.05, 0.1) is 24.4 Å². The Morgan fingerprint density at radius 1 is 1.07 bits per heavy atom. The molecule has 3 aliphatic heterocycles. The summed E-state index contributed by atoms with van der Waals surface area (Å²) in [6.45, 7) is 0.577. The lowest BCUT2D eigenvalue weighted by molar-refractivity contribution is -0.146. The fourth-order valence-corrected chi connectivity index (χ4v) is 6.73. The molecule has 3 N–H and O–H groups in total. The lowest BCUT2D eigenvalue weighted by Gasteiger charge is -2.29. The van der Waals surface area contributed by atoms with E-state index in [4.69, 9.17) is 10.5 Å². The number of benzene rings is 1. The Balaban J connectivity index is 1.35. The van der Waals surface area contributed by atoms with Crippen molar-refractivity contribution in [3.8, 4) is 0 Å². The zero-order valence-corrected chi connectivity index (χ0v) is 25.0. The molecule has 1 aromatic rings. The molecule has 0 spiro atoms. The van der Waals surface area contributed by atoms with E-state index < -0.39 is 72.2 Å². The van der Waals surface area contributed by atoms with Crippen LogP contribution in [0.5, 0.6) is 0 Å². The number of hydrogen-bond acceptors (Lipinski definition) is 6. The first-order valence-electron chi connectivity index (χ1n) is 15.5. The molecule has 1 aromatic carbocycles. The number of hydrogen-bond donors (Lipinski definition) is 2. The number of ether oxygens (including phenoxy) is 1. The number of ketones is 1. The van der Waals surface area contributed by atoms with Crippen molar-refractivity contribution >= 4 is 29.6 Å². The summed E-state index contributed by atoms with van der Waals surface area (Å²) in [7, 11) is 0. The number of halogens is 3. The van der Waals surface area contributed by atoms with Gasteiger partial charge in [0.2, 0.25) is 17.7 Å². The summed E-state index contributed by atoms with van der Waals surface area (Å²) in [4.78, 5) is 68.7. The van der Waals surface area contributed by atoms with Crippen LogP contribution < -0.4 is 11.1 Å². The van der Waals surface area contributed by atoms with Gasteiger partial charge in [-0.1, -0.05) is 49.3 Å². The highest BCUT2D eigenvalue weighted by Crippen LogP contribution is 2.56. The smallest absolute Gasteiger partial charge is 0.410 e. The van der Waals surface area contributed by atoms with E-state index in [-0.39, 0.29) is 31.7 Å². The van der Waals surface area contributed by atoms with Gasteiger partial charge in [0.1, 0.15) is 12.1 Å². The lowest BCUT2D eigenvalue weighted by atomic mass is 9.91. The van der Waals surface area contributed by atoms with Crippen molar-refractivity contribution in [2.45, 2.75) is 102 Å². The van der Waals surface area contributed by atoms with Crippen LogP contribution in [0.15, 0.2) is 36.4 Å². The van der Waals surface area contributed by atoms with E-state index >= 15 is 0 Å². The van der Waals surface area contributed by atoms with Crippen LogP contribution in [0, 0.1) is 11.3 Å². The molecular formula is C32H39F3N4O6. The molecule has 1 saturated heterocycles. The van der Waals surface area contributed by atoms with E-state index in [1.807, 2.05) is 36.4 Å². The maximum atomic E-state index is 14.0. The number of fused-ring (bicyclic) bond motifs is 3. The van der Waals surface area contributed by atoms with Crippen molar-refractivity contribution in [3.63, 3.8) is 0 Å². The molecule has 4 aliphatic rings. The van der Waals surface area contributed by atoms with E-state index in [0.717, 1.165) is 17.5 Å². The molecule has 4 amide bonds. The summed E-state index contributed by atoms with van der Waals surface area (Å²) in [5.41, 5.74) is 6.68. The van der Waals surface area contributed by atoms with E-state index in [0.29, 0.717) is 38.8 Å². The standard InChI is InChI=1S/C32H39F3N4O6/c33-32(34,35)13-12-27(41)37-24-11-5-3-1-2-4-10-22-15-31(22,29(36)43)16-26(40)25-14-23(19-39(25)28(24)42)45-30(44)38-17-20-8-6-7-9-21(20)18-38/h4,6-10,22-25H,1-3,5,11-19H2,(H2,36,43)(H,37,41)/b10-4-/t22-,23-,24+,25+,31-/m1/s1. The van der Waals surface area contributed by atoms with Gasteiger partial charge in [0, 0.05) is 32.4 Å². The summed E-state index contributed by atoms with van der Waals surface area (Å²) in [5.74, 6) is -2.76. The van der Waals surface area contributed by atoms with Crippen molar-refractivity contribution in [2.75, 3.05) is 6.54 Å². The van der Waals surface area contributed by atoms with Gasteiger partial charge in [-0.25, -0.2) is 4.79 Å². The molecule has 2 fully saturated rings. The highest BCUT2D eigenvalue weighted by atomic mass is 19.4. The number of nitrogens with zero attached hydrogens (tertiary/aromatic N) is 2. The summed E-state index contributed by atoms with van der Waals surface area (Å²) in [5, 5.41) is 2.47. The zero-order chi connectivity index (χ0) is 32.4. The molecule has 0 unspecified atom stereocenters. The molecule has 1 aliphatic carbocycles. The van der Waals surface area contributed by atoms with E-state index in [1.165, 1.54) is 9.80 Å². The maximum absolute atomic E-state index is 14.0. The van der Waals surface area contributed by atoms with Crippen molar-refractivity contribution in [1.29, 1.82) is 0 Å². The Bertz CT molecular complexity index is 1340. The van der Waals surface area contributed by atoms with Gasteiger partial charge in [-0.3, -0.25) is 24.1 Å². The number of nitrogens with one attached hydrogen (secondary N) is 1. The predicted octanol–water partition coefficient (Wildman–Crippen LogP) is 3.91. The monoisotopic (exact) mass is 632 g/mol. The number of alkyl halides is 3. The third-order valence-corrected chi connectivity index (χ3v) is 9.40.